The average molecular weight is 320 g/mol. The highest BCUT2D eigenvalue weighted by Crippen LogP contribution is 2.27. The molecule has 1 aromatic rings. The Kier molecular flexibility index (Phi) is 10.1. The van der Waals surface area contributed by atoms with Crippen LogP contribution >= 0.6 is 0 Å². The number of hydrogen-bond acceptors (Lipinski definition) is 4. The second-order valence-electron chi connectivity index (χ2n) is 5.39. The van der Waals surface area contributed by atoms with Crippen molar-refractivity contribution < 1.29 is 20.1 Å². The minimum absolute atomic E-state index is 0.0605. The molecular weight excluding hydrogens is 292 g/mol. The van der Waals surface area contributed by atoms with E-state index in [0.717, 1.165) is 24.8 Å². The molecule has 23 heavy (non-hydrogen) atoms. The quantitative estimate of drug-likeness (QED) is 0.548. The number of para-hydroxylation sites is 1. The molecule has 128 valence electrons. The van der Waals surface area contributed by atoms with Gasteiger partial charge in [0.25, 0.3) is 0 Å². The molecule has 4 heteroatoms. The largest absolute Gasteiger partial charge is 0.491 e. The molecule has 0 aromatic heterocycles. The summed E-state index contributed by atoms with van der Waals surface area (Å²) in [6.07, 6.45) is 5.32. The summed E-state index contributed by atoms with van der Waals surface area (Å²) in [5.41, 5.74) is 5.00. The van der Waals surface area contributed by atoms with Crippen LogP contribution in [0.3, 0.4) is 0 Å². The van der Waals surface area contributed by atoms with E-state index in [-0.39, 0.29) is 19.8 Å². The van der Waals surface area contributed by atoms with E-state index in [2.05, 4.69) is 12.7 Å². The molecule has 0 radical (unpaired) electrons. The van der Waals surface area contributed by atoms with Crippen LogP contribution in [0.15, 0.2) is 41.6 Å². The highest BCUT2D eigenvalue weighted by Gasteiger charge is 2.11. The average Bonchev–Trinajstić information content (AvgIpc) is 2.58. The molecule has 0 heterocycles. The summed E-state index contributed by atoms with van der Waals surface area (Å²) < 4.78 is 5.44. The van der Waals surface area contributed by atoms with E-state index >= 15 is 0 Å². The molecule has 4 nitrogen and oxygen atoms in total. The monoisotopic (exact) mass is 320 g/mol. The van der Waals surface area contributed by atoms with Crippen LogP contribution in [0.25, 0.3) is 0 Å². The zero-order chi connectivity index (χ0) is 16.9. The van der Waals surface area contributed by atoms with Crippen LogP contribution in [0, 0.1) is 0 Å². The van der Waals surface area contributed by atoms with Gasteiger partial charge >= 0.3 is 0 Å². The minimum atomic E-state index is -0.682. The van der Waals surface area contributed by atoms with Crippen molar-refractivity contribution in [3.05, 3.63) is 47.2 Å². The number of unbranched alkanes of at least 4 members (excludes halogenated alkanes) is 1. The lowest BCUT2D eigenvalue weighted by Crippen LogP contribution is -2.06. The number of hydrogen-bond donors (Lipinski definition) is 3. The first-order chi connectivity index (χ1) is 11.2. The van der Waals surface area contributed by atoms with Gasteiger partial charge in [-0.2, -0.15) is 0 Å². The lowest BCUT2D eigenvalue weighted by molar-refractivity contribution is 0.166. The van der Waals surface area contributed by atoms with Gasteiger partial charge in [-0.3, -0.25) is 0 Å². The van der Waals surface area contributed by atoms with Crippen molar-refractivity contribution in [1.29, 1.82) is 0 Å². The Morgan fingerprint density at radius 3 is 2.70 bits per heavy atom. The van der Waals surface area contributed by atoms with Crippen molar-refractivity contribution in [2.75, 3.05) is 19.8 Å². The standard InChI is InChI=1S/C19H28O4/c1-2-3-7-16(12-13-20)8-6-10-18(22)17-9-4-5-11-19(17)23-15-14-21/h4-6,9,11,18,20-22H,2-3,7,10,12-15H2,1H3/t8?,18-/m0/s1. The van der Waals surface area contributed by atoms with Gasteiger partial charge < -0.3 is 20.1 Å². The Morgan fingerprint density at radius 1 is 1.22 bits per heavy atom. The lowest BCUT2D eigenvalue weighted by atomic mass is 10.0. The molecule has 0 fully saturated rings. The van der Waals surface area contributed by atoms with Gasteiger partial charge in [-0.15, -0.1) is 5.73 Å². The Morgan fingerprint density at radius 2 is 2.00 bits per heavy atom. The van der Waals surface area contributed by atoms with E-state index in [0.29, 0.717) is 24.2 Å². The number of ether oxygens (including phenoxy) is 1. The molecule has 1 atom stereocenters. The van der Waals surface area contributed by atoms with Crippen molar-refractivity contribution in [2.24, 2.45) is 0 Å². The summed E-state index contributed by atoms with van der Waals surface area (Å²) in [6.45, 7) is 2.40. The fraction of sp³-hybridized carbons (Fsp3) is 0.526. The summed E-state index contributed by atoms with van der Waals surface area (Å²) >= 11 is 0. The molecule has 3 N–H and O–H groups in total. The molecule has 0 aliphatic carbocycles. The van der Waals surface area contributed by atoms with Gasteiger partial charge in [0, 0.05) is 18.6 Å². The molecular formula is C19H28O4. The SMILES string of the molecule is CCCCC(=C=CC[C@H](O)c1ccccc1OCCO)CCO. The van der Waals surface area contributed by atoms with Crippen LogP contribution in [0.4, 0.5) is 0 Å². The van der Waals surface area contributed by atoms with E-state index in [1.165, 1.54) is 0 Å². The maximum absolute atomic E-state index is 10.3. The zero-order valence-electron chi connectivity index (χ0n) is 13.9. The van der Waals surface area contributed by atoms with E-state index in [4.69, 9.17) is 14.9 Å². The molecule has 0 amide bonds. The van der Waals surface area contributed by atoms with Crippen LogP contribution in [0.2, 0.25) is 0 Å². The third kappa shape index (κ3) is 7.49. The van der Waals surface area contributed by atoms with Crippen molar-refractivity contribution >= 4 is 0 Å². The summed E-state index contributed by atoms with van der Waals surface area (Å²) in [5.74, 6) is 0.591. The topological polar surface area (TPSA) is 69.9 Å². The summed E-state index contributed by atoms with van der Waals surface area (Å²) in [5, 5.41) is 28.3. The van der Waals surface area contributed by atoms with Gasteiger partial charge in [0.15, 0.2) is 0 Å². The van der Waals surface area contributed by atoms with Gasteiger partial charge in [-0.25, -0.2) is 0 Å². The molecule has 1 rings (SSSR count). The highest BCUT2D eigenvalue weighted by molar-refractivity contribution is 5.35. The fourth-order valence-electron chi connectivity index (χ4n) is 2.28. The third-order valence-electron chi connectivity index (χ3n) is 3.52. The molecule has 0 saturated carbocycles. The second-order valence-corrected chi connectivity index (χ2v) is 5.39. The number of aliphatic hydroxyl groups excluding tert-OH is 3. The summed E-state index contributed by atoms with van der Waals surface area (Å²) in [7, 11) is 0. The van der Waals surface area contributed by atoms with Gasteiger partial charge in [-0.1, -0.05) is 31.5 Å². The molecule has 0 aliphatic heterocycles. The van der Waals surface area contributed by atoms with Crippen LogP contribution in [-0.2, 0) is 0 Å². The first kappa shape index (κ1) is 19.5. The lowest BCUT2D eigenvalue weighted by Gasteiger charge is -2.14. The van der Waals surface area contributed by atoms with Crippen LogP contribution in [-0.4, -0.2) is 35.1 Å². The first-order valence-corrected chi connectivity index (χ1v) is 8.27. The van der Waals surface area contributed by atoms with E-state index in [1.54, 1.807) is 6.07 Å². The Labute approximate surface area is 138 Å². The predicted molar refractivity (Wildman–Crippen MR) is 91.4 cm³/mol. The highest BCUT2D eigenvalue weighted by atomic mass is 16.5. The third-order valence-corrected chi connectivity index (χ3v) is 3.52. The molecule has 0 spiro atoms. The maximum Gasteiger partial charge on any atom is 0.125 e. The normalized spacial score (nSPS) is 11.7. The van der Waals surface area contributed by atoms with Gasteiger partial charge in [0.05, 0.1) is 12.7 Å². The predicted octanol–water partition coefficient (Wildman–Crippen LogP) is 3.14. The van der Waals surface area contributed by atoms with E-state index in [9.17, 15) is 5.11 Å². The molecule has 0 aliphatic rings. The summed E-state index contributed by atoms with van der Waals surface area (Å²) in [6, 6.07) is 7.29. The van der Waals surface area contributed by atoms with Crippen LogP contribution < -0.4 is 4.74 Å². The van der Waals surface area contributed by atoms with Gasteiger partial charge in [0.1, 0.15) is 12.4 Å². The maximum atomic E-state index is 10.3. The van der Waals surface area contributed by atoms with E-state index < -0.39 is 6.10 Å². The first-order valence-electron chi connectivity index (χ1n) is 8.27. The minimum Gasteiger partial charge on any atom is -0.491 e. The second kappa shape index (κ2) is 11.9. The Bertz CT molecular complexity index is 504. The van der Waals surface area contributed by atoms with Crippen LogP contribution in [0.5, 0.6) is 5.75 Å². The van der Waals surface area contributed by atoms with E-state index in [1.807, 2.05) is 24.3 Å². The number of rotatable bonds is 11. The van der Waals surface area contributed by atoms with Gasteiger partial charge in [-0.05, 0) is 37.0 Å². The van der Waals surface area contributed by atoms with Crippen molar-refractivity contribution in [2.45, 2.75) is 45.1 Å². The van der Waals surface area contributed by atoms with Crippen molar-refractivity contribution in [1.82, 2.24) is 0 Å². The molecule has 1 aromatic carbocycles. The number of benzene rings is 1. The van der Waals surface area contributed by atoms with Crippen LogP contribution in [0.1, 0.15) is 50.7 Å². The van der Waals surface area contributed by atoms with Crippen molar-refractivity contribution in [3.8, 4) is 5.75 Å². The molecule has 0 saturated heterocycles. The smallest absolute Gasteiger partial charge is 0.125 e. The molecule has 0 unspecified atom stereocenters. The Hall–Kier alpha value is -1.58. The van der Waals surface area contributed by atoms with Crippen molar-refractivity contribution in [3.63, 3.8) is 0 Å². The summed E-state index contributed by atoms with van der Waals surface area (Å²) in [4.78, 5) is 0. The fourth-order valence-corrected chi connectivity index (χ4v) is 2.28. The number of aliphatic hydroxyl groups is 3. The zero-order valence-corrected chi connectivity index (χ0v) is 13.9. The van der Waals surface area contributed by atoms with Gasteiger partial charge in [0.2, 0.25) is 0 Å². The molecule has 0 bridgehead atoms. The Balaban J connectivity index is 2.74.